The molecule has 0 saturated carbocycles. The lowest BCUT2D eigenvalue weighted by atomic mass is 10.1. The van der Waals surface area contributed by atoms with Crippen LogP contribution in [0.5, 0.6) is 5.75 Å². The number of nitrogens with zero attached hydrogens (tertiary/aromatic N) is 3. The molecule has 39 heavy (non-hydrogen) atoms. The molecule has 0 bridgehead atoms. The summed E-state index contributed by atoms with van der Waals surface area (Å²) < 4.78 is 35.2. The van der Waals surface area contributed by atoms with Crippen LogP contribution in [-0.2, 0) is 12.8 Å². The summed E-state index contributed by atoms with van der Waals surface area (Å²) in [6, 6.07) is 23.0. The average Bonchev–Trinajstić information content (AvgIpc) is 3.32. The molecule has 0 saturated heterocycles. The fourth-order valence-electron chi connectivity index (χ4n) is 5.28. The van der Waals surface area contributed by atoms with Crippen molar-refractivity contribution in [3.05, 3.63) is 94.2 Å². The van der Waals surface area contributed by atoms with Crippen LogP contribution in [0.3, 0.4) is 0 Å². The molecule has 1 aliphatic rings. The van der Waals surface area contributed by atoms with E-state index in [0.717, 1.165) is 81.1 Å². The Bertz CT molecular complexity index is 1680. The van der Waals surface area contributed by atoms with Crippen molar-refractivity contribution in [3.8, 4) is 28.3 Å². The highest BCUT2D eigenvalue weighted by Gasteiger charge is 2.29. The number of benzene rings is 3. The molecule has 5 aromatic rings. The number of alkyl halides is 2. The predicted octanol–water partition coefficient (Wildman–Crippen LogP) is 8.27. The summed E-state index contributed by atoms with van der Waals surface area (Å²) >= 11 is 9.59. The molecule has 1 aliphatic heterocycles. The molecule has 198 valence electrons. The van der Waals surface area contributed by atoms with Crippen LogP contribution in [0.15, 0.2) is 77.3 Å². The van der Waals surface area contributed by atoms with Gasteiger partial charge in [-0.25, -0.2) is 4.98 Å². The Labute approximate surface area is 238 Å². The number of nitrogens with one attached hydrogen (secondary N) is 1. The molecule has 2 aromatic heterocycles. The van der Waals surface area contributed by atoms with Crippen molar-refractivity contribution >= 4 is 44.7 Å². The Hall–Kier alpha value is -3.56. The Morgan fingerprint density at radius 1 is 0.974 bits per heavy atom. The van der Waals surface area contributed by atoms with Crippen LogP contribution in [-0.4, -0.2) is 25.7 Å². The van der Waals surface area contributed by atoms with E-state index in [4.69, 9.17) is 17.2 Å². The van der Waals surface area contributed by atoms with E-state index in [9.17, 15) is 8.78 Å². The number of ether oxygens (including phenoxy) is 1. The summed E-state index contributed by atoms with van der Waals surface area (Å²) in [4.78, 5) is 5.13. The zero-order valence-electron chi connectivity index (χ0n) is 21.1. The van der Waals surface area contributed by atoms with Crippen LogP contribution in [0.4, 0.5) is 14.5 Å². The third kappa shape index (κ3) is 4.96. The number of rotatable bonds is 5. The minimum Gasteiger partial charge on any atom is -0.435 e. The average molecular weight is 608 g/mol. The molecule has 5 nitrogen and oxygen atoms in total. The van der Waals surface area contributed by atoms with Crippen LogP contribution in [0.1, 0.15) is 29.8 Å². The highest BCUT2D eigenvalue weighted by molar-refractivity contribution is 9.10. The van der Waals surface area contributed by atoms with Crippen LogP contribution in [0.2, 0.25) is 0 Å². The van der Waals surface area contributed by atoms with Crippen LogP contribution in [0, 0.1) is 6.92 Å². The first-order chi connectivity index (χ1) is 18.9. The van der Waals surface area contributed by atoms with Crippen molar-refractivity contribution in [2.45, 2.75) is 39.2 Å². The summed E-state index contributed by atoms with van der Waals surface area (Å²) in [7, 11) is 0. The largest absolute Gasteiger partial charge is 0.435 e. The van der Waals surface area contributed by atoms with Crippen LogP contribution < -0.4 is 10.1 Å². The SMILES string of the molecule is Cc1cccc(NC(=S)n2c(-c3ccc(Br)cc3)c3n4c(c(-c5ccc(OC(F)F)cc5)nc24)CCCC3)c1. The lowest BCUT2D eigenvalue weighted by Gasteiger charge is -2.14. The van der Waals surface area contributed by atoms with E-state index < -0.39 is 6.61 Å². The van der Waals surface area contributed by atoms with Crippen molar-refractivity contribution in [2.75, 3.05) is 5.32 Å². The maximum absolute atomic E-state index is 12.7. The van der Waals surface area contributed by atoms with E-state index in [1.165, 1.54) is 0 Å². The molecule has 0 spiro atoms. The number of aromatic nitrogens is 3. The van der Waals surface area contributed by atoms with Crippen molar-refractivity contribution in [2.24, 2.45) is 0 Å². The molecule has 6 rings (SSSR count). The predicted molar refractivity (Wildman–Crippen MR) is 158 cm³/mol. The molecular weight excluding hydrogens is 582 g/mol. The minimum atomic E-state index is -2.86. The monoisotopic (exact) mass is 606 g/mol. The Morgan fingerprint density at radius 2 is 1.67 bits per heavy atom. The quantitative estimate of drug-likeness (QED) is 0.204. The maximum Gasteiger partial charge on any atom is 0.387 e. The van der Waals surface area contributed by atoms with Gasteiger partial charge in [0.1, 0.15) is 5.75 Å². The highest BCUT2D eigenvalue weighted by Crippen LogP contribution is 2.37. The van der Waals surface area contributed by atoms with Gasteiger partial charge in [0.2, 0.25) is 5.78 Å². The molecule has 0 atom stereocenters. The second kappa shape index (κ2) is 10.5. The van der Waals surface area contributed by atoms with E-state index >= 15 is 0 Å². The van der Waals surface area contributed by atoms with Crippen molar-refractivity contribution in [3.63, 3.8) is 0 Å². The molecule has 0 amide bonds. The zero-order valence-corrected chi connectivity index (χ0v) is 23.5. The summed E-state index contributed by atoms with van der Waals surface area (Å²) in [5.74, 6) is 0.850. The van der Waals surface area contributed by atoms with Crippen molar-refractivity contribution in [1.29, 1.82) is 0 Å². The second-order valence-electron chi connectivity index (χ2n) is 9.59. The number of hydrogen-bond acceptors (Lipinski definition) is 3. The lowest BCUT2D eigenvalue weighted by Crippen LogP contribution is -2.20. The maximum atomic E-state index is 12.7. The van der Waals surface area contributed by atoms with E-state index in [1.807, 2.05) is 41.8 Å². The van der Waals surface area contributed by atoms with Gasteiger partial charge in [-0.1, -0.05) is 40.2 Å². The standard InChI is InChI=1S/C30H25BrF2N4OS/c1-18-5-4-6-22(17-18)34-30(39)37-27(20-9-13-21(31)14-10-20)25-8-3-2-7-24-26(35-29(37)36(24)25)19-11-15-23(16-12-19)38-28(32)33/h4-6,9-17,28H,2-3,7-8H2,1H3,(H,34,39). The third-order valence-corrected chi connectivity index (χ3v) is 7.76. The summed E-state index contributed by atoms with van der Waals surface area (Å²) in [5, 5.41) is 3.95. The molecule has 3 heterocycles. The summed E-state index contributed by atoms with van der Waals surface area (Å²) in [6.45, 7) is -0.818. The lowest BCUT2D eigenvalue weighted by molar-refractivity contribution is -0.0498. The molecule has 0 radical (unpaired) electrons. The van der Waals surface area contributed by atoms with E-state index in [0.29, 0.717) is 5.11 Å². The summed E-state index contributed by atoms with van der Waals surface area (Å²) in [6.07, 6.45) is 3.78. The molecule has 0 unspecified atom stereocenters. The minimum absolute atomic E-state index is 0.120. The topological polar surface area (TPSA) is 43.5 Å². The highest BCUT2D eigenvalue weighted by atomic mass is 79.9. The molecule has 3 aromatic carbocycles. The van der Waals surface area contributed by atoms with Gasteiger partial charge in [0.25, 0.3) is 0 Å². The van der Waals surface area contributed by atoms with Gasteiger partial charge in [-0.2, -0.15) is 8.78 Å². The number of thiocarbonyl (C=S) groups is 1. The van der Waals surface area contributed by atoms with Gasteiger partial charge in [-0.05, 0) is 98.9 Å². The Kier molecular flexibility index (Phi) is 6.95. The first kappa shape index (κ1) is 25.7. The van der Waals surface area contributed by atoms with Gasteiger partial charge in [0, 0.05) is 21.3 Å². The van der Waals surface area contributed by atoms with Gasteiger partial charge in [0.05, 0.1) is 22.8 Å². The third-order valence-electron chi connectivity index (χ3n) is 6.94. The van der Waals surface area contributed by atoms with Crippen molar-refractivity contribution in [1.82, 2.24) is 14.0 Å². The number of halogens is 3. The second-order valence-corrected chi connectivity index (χ2v) is 10.9. The molecular formula is C30H25BrF2N4OS. The van der Waals surface area contributed by atoms with Crippen molar-refractivity contribution < 1.29 is 13.5 Å². The normalized spacial score (nSPS) is 13.1. The number of hydrogen-bond donors (Lipinski definition) is 1. The van der Waals surface area contributed by atoms with E-state index in [2.05, 4.69) is 48.6 Å². The van der Waals surface area contributed by atoms with Gasteiger partial charge < -0.3 is 10.1 Å². The van der Waals surface area contributed by atoms with Gasteiger partial charge >= 0.3 is 6.61 Å². The fraction of sp³-hybridized carbons (Fsp3) is 0.200. The Morgan fingerprint density at radius 3 is 2.36 bits per heavy atom. The first-order valence-electron chi connectivity index (χ1n) is 12.7. The first-order valence-corrected chi connectivity index (χ1v) is 13.9. The molecule has 1 N–H and O–H groups in total. The van der Waals surface area contributed by atoms with E-state index in [-0.39, 0.29) is 5.75 Å². The van der Waals surface area contributed by atoms with Crippen LogP contribution >= 0.6 is 28.1 Å². The molecule has 9 heteroatoms. The zero-order chi connectivity index (χ0) is 27.1. The summed E-state index contributed by atoms with van der Waals surface area (Å²) in [5.41, 5.74) is 8.03. The van der Waals surface area contributed by atoms with Gasteiger partial charge in [0.15, 0.2) is 5.11 Å². The van der Waals surface area contributed by atoms with Gasteiger partial charge in [-0.3, -0.25) is 8.97 Å². The van der Waals surface area contributed by atoms with Crippen LogP contribution in [0.25, 0.3) is 28.3 Å². The number of anilines is 1. The molecule has 0 aliphatic carbocycles. The number of imidazole rings is 2. The smallest absolute Gasteiger partial charge is 0.387 e. The van der Waals surface area contributed by atoms with Gasteiger partial charge in [-0.15, -0.1) is 0 Å². The van der Waals surface area contributed by atoms with E-state index in [1.54, 1.807) is 24.3 Å². The molecule has 0 fully saturated rings. The number of aryl methyl sites for hydroxylation is 3. The Balaban J connectivity index is 1.55. The fourth-order valence-corrected chi connectivity index (χ4v) is 5.83.